The van der Waals surface area contributed by atoms with Crippen molar-refractivity contribution in [2.45, 2.75) is 78.4 Å². The molecule has 6 rings (SSSR count). The number of hydrogen-bond acceptors (Lipinski definition) is 3. The maximum Gasteiger partial charge on any atom is 0.0651 e. The Kier molecular flexibility index (Phi) is 9.73. The summed E-state index contributed by atoms with van der Waals surface area (Å²) in [6, 6.07) is 28.1. The Morgan fingerprint density at radius 2 is 1.32 bits per heavy atom. The van der Waals surface area contributed by atoms with Crippen molar-refractivity contribution in [1.82, 2.24) is 9.55 Å². The van der Waals surface area contributed by atoms with Gasteiger partial charge >= 0.3 is 0 Å². The summed E-state index contributed by atoms with van der Waals surface area (Å²) in [6.07, 6.45) is 7.60. The van der Waals surface area contributed by atoms with Gasteiger partial charge in [0.2, 0.25) is 0 Å². The summed E-state index contributed by atoms with van der Waals surface area (Å²) >= 11 is 0. The van der Waals surface area contributed by atoms with Crippen LogP contribution in [0.4, 0.5) is 0 Å². The van der Waals surface area contributed by atoms with E-state index in [1.165, 1.54) is 0 Å². The molecule has 2 unspecified atom stereocenters. The minimum Gasteiger partial charge on any atom is -0.392 e. The van der Waals surface area contributed by atoms with Crippen LogP contribution in [0.2, 0.25) is 0 Å². The predicted octanol–water partition coefficient (Wildman–Crippen LogP) is 7.85. The first-order chi connectivity index (χ1) is 18.9. The Morgan fingerprint density at radius 3 is 1.85 bits per heavy atom. The van der Waals surface area contributed by atoms with E-state index < -0.39 is 0 Å². The van der Waals surface area contributed by atoms with E-state index in [-0.39, 0.29) is 49.1 Å². The Hall–Kier alpha value is -2.30. The summed E-state index contributed by atoms with van der Waals surface area (Å²) in [7, 11) is 0. The topological polar surface area (TPSA) is 58.3 Å². The van der Waals surface area contributed by atoms with Crippen LogP contribution in [0.15, 0.2) is 79.0 Å². The van der Waals surface area contributed by atoms with Crippen molar-refractivity contribution >= 4 is 10.9 Å². The van der Waals surface area contributed by atoms with Gasteiger partial charge in [-0.25, -0.2) is 0 Å². The Labute approximate surface area is 253 Å². The Balaban J connectivity index is 0.000000183. The summed E-state index contributed by atoms with van der Waals surface area (Å²) in [5.41, 5.74) is 4.33. The normalized spacial score (nSPS) is 24.1. The zero-order valence-corrected chi connectivity index (χ0v) is 26.6. The van der Waals surface area contributed by atoms with Crippen LogP contribution < -0.4 is 0 Å². The number of rotatable bonds is 6. The Bertz CT molecular complexity index is 1330. The standard InChI is InChI=1S/C19H13N2.C16H30O2.Ir/c1-2-9-16(10-3-1)21-18-12-5-4-8-15(18)14-19(21)17-11-6-7-13-20-17;1-5-15(6-2)9-11-10-16(7-3,8-4)14(18)12(11)13(15)17;/h1-13H;11-14,17-18H,5-10H2,1-4H3;/q-1;;. The Morgan fingerprint density at radius 1 is 0.775 bits per heavy atom. The third-order valence-corrected chi connectivity index (χ3v) is 10.2. The molecule has 2 aromatic carbocycles. The number of benzene rings is 2. The van der Waals surface area contributed by atoms with Gasteiger partial charge < -0.3 is 19.8 Å². The third-order valence-electron chi connectivity index (χ3n) is 10.2. The molecular weight excluding hydrogens is 673 g/mol. The molecule has 2 aromatic heterocycles. The van der Waals surface area contributed by atoms with Gasteiger partial charge in [0, 0.05) is 43.6 Å². The predicted molar refractivity (Wildman–Crippen MR) is 160 cm³/mol. The van der Waals surface area contributed by atoms with Crippen LogP contribution in [0.25, 0.3) is 28.0 Å². The van der Waals surface area contributed by atoms with E-state index in [1.807, 2.05) is 48.7 Å². The minimum atomic E-state index is -0.299. The summed E-state index contributed by atoms with van der Waals surface area (Å²) in [5.74, 6) is 0.666. The molecule has 5 heteroatoms. The van der Waals surface area contributed by atoms with Gasteiger partial charge in [-0.3, -0.25) is 0 Å². The second kappa shape index (κ2) is 12.7. The molecule has 2 aliphatic rings. The van der Waals surface area contributed by atoms with Crippen LogP contribution in [0.1, 0.15) is 66.2 Å². The molecule has 0 bridgehead atoms. The fourth-order valence-corrected chi connectivity index (χ4v) is 7.65. The average Bonchev–Trinajstić information content (AvgIpc) is 3.61. The molecule has 2 aliphatic carbocycles. The first-order valence-electron chi connectivity index (χ1n) is 14.8. The van der Waals surface area contributed by atoms with Gasteiger partial charge in [0.05, 0.1) is 12.2 Å². The number of aromatic nitrogens is 2. The monoisotopic (exact) mass is 716 g/mol. The molecule has 0 spiro atoms. The van der Waals surface area contributed by atoms with Crippen molar-refractivity contribution in [3.8, 4) is 17.1 Å². The van der Waals surface area contributed by atoms with E-state index in [0.717, 1.165) is 66.5 Å². The van der Waals surface area contributed by atoms with E-state index in [1.54, 1.807) is 0 Å². The van der Waals surface area contributed by atoms with Crippen molar-refractivity contribution in [3.63, 3.8) is 0 Å². The van der Waals surface area contributed by atoms with Crippen molar-refractivity contribution in [1.29, 1.82) is 0 Å². The molecule has 215 valence electrons. The number of aliphatic hydroxyl groups is 2. The fraction of sp³-hybridized carbons (Fsp3) is 0.457. The second-order valence-electron chi connectivity index (χ2n) is 11.7. The molecule has 2 N–H and O–H groups in total. The van der Waals surface area contributed by atoms with Crippen LogP contribution >= 0.6 is 0 Å². The van der Waals surface area contributed by atoms with Gasteiger partial charge in [0.1, 0.15) is 0 Å². The van der Waals surface area contributed by atoms with E-state index in [2.05, 4.69) is 73.6 Å². The molecule has 2 fully saturated rings. The number of pyridine rings is 1. The molecular formula is C35H43IrN2O2-. The van der Waals surface area contributed by atoms with Crippen LogP contribution in [0, 0.1) is 28.7 Å². The number of para-hydroxylation sites is 2. The third kappa shape index (κ3) is 5.23. The first-order valence-corrected chi connectivity index (χ1v) is 14.8. The van der Waals surface area contributed by atoms with E-state index in [4.69, 9.17) is 0 Å². The van der Waals surface area contributed by atoms with Gasteiger partial charge in [0.15, 0.2) is 0 Å². The fourth-order valence-electron chi connectivity index (χ4n) is 7.65. The SMILES string of the molecule is CCC1(CC)CC2CC(CC)(CC)C(O)C2C1O.[Ir].[c-]1c(-c2ccccn2)n(-c2ccccc2)c2ccccc12. The minimum absolute atomic E-state index is 0. The number of hydrogen-bond donors (Lipinski definition) is 2. The largest absolute Gasteiger partial charge is 0.392 e. The smallest absolute Gasteiger partial charge is 0.0651 e. The van der Waals surface area contributed by atoms with Gasteiger partial charge in [-0.2, -0.15) is 0 Å². The van der Waals surface area contributed by atoms with E-state index in [9.17, 15) is 10.2 Å². The summed E-state index contributed by atoms with van der Waals surface area (Å²) in [4.78, 5) is 4.48. The molecule has 2 atom stereocenters. The van der Waals surface area contributed by atoms with Gasteiger partial charge in [0.25, 0.3) is 0 Å². The first kappa shape index (κ1) is 30.7. The van der Waals surface area contributed by atoms with E-state index in [0.29, 0.717) is 5.92 Å². The maximum absolute atomic E-state index is 10.7. The molecule has 0 amide bonds. The van der Waals surface area contributed by atoms with Gasteiger partial charge in [-0.05, 0) is 84.7 Å². The number of aliphatic hydroxyl groups excluding tert-OH is 2. The molecule has 4 nitrogen and oxygen atoms in total. The van der Waals surface area contributed by atoms with Crippen LogP contribution in [0.3, 0.4) is 0 Å². The van der Waals surface area contributed by atoms with Crippen LogP contribution in [0.5, 0.6) is 0 Å². The molecule has 2 heterocycles. The quantitative estimate of drug-likeness (QED) is 0.200. The second-order valence-corrected chi connectivity index (χ2v) is 11.7. The maximum atomic E-state index is 10.7. The van der Waals surface area contributed by atoms with Crippen LogP contribution in [-0.4, -0.2) is 32.0 Å². The van der Waals surface area contributed by atoms with E-state index >= 15 is 0 Å². The molecule has 40 heavy (non-hydrogen) atoms. The molecule has 2 saturated carbocycles. The summed E-state index contributed by atoms with van der Waals surface area (Å²) in [5, 5.41) is 22.6. The van der Waals surface area contributed by atoms with Gasteiger partial charge in [-0.15, -0.1) is 23.6 Å². The average molecular weight is 716 g/mol. The number of nitrogens with zero attached hydrogens (tertiary/aromatic N) is 2. The summed E-state index contributed by atoms with van der Waals surface area (Å²) < 4.78 is 2.21. The molecule has 0 saturated heterocycles. The summed E-state index contributed by atoms with van der Waals surface area (Å²) in [6.45, 7) is 8.75. The number of fused-ring (bicyclic) bond motifs is 2. The van der Waals surface area contributed by atoms with Gasteiger partial charge in [-0.1, -0.05) is 70.2 Å². The van der Waals surface area contributed by atoms with Crippen LogP contribution in [-0.2, 0) is 20.1 Å². The van der Waals surface area contributed by atoms with Crippen molar-refractivity contribution in [3.05, 3.63) is 85.1 Å². The zero-order chi connectivity index (χ0) is 27.6. The van der Waals surface area contributed by atoms with Crippen molar-refractivity contribution in [2.24, 2.45) is 22.7 Å². The molecule has 0 aliphatic heterocycles. The van der Waals surface area contributed by atoms with Crippen molar-refractivity contribution in [2.75, 3.05) is 0 Å². The molecule has 4 aromatic rings. The molecule has 1 radical (unpaired) electrons. The zero-order valence-electron chi connectivity index (χ0n) is 24.2. The van der Waals surface area contributed by atoms with Crippen molar-refractivity contribution < 1.29 is 30.3 Å².